The minimum atomic E-state index is -4.85. The number of hydrogen-bond donors (Lipinski definition) is 3. The second kappa shape index (κ2) is 8.87. The number of para-hydroxylation sites is 1. The minimum Gasteiger partial charge on any atom is -0.405 e. The fraction of sp³-hybridized carbons (Fsp3) is 0.167. The molecule has 1 amide bonds. The lowest BCUT2D eigenvalue weighted by atomic mass is 9.99. The highest BCUT2D eigenvalue weighted by Crippen LogP contribution is 2.32. The summed E-state index contributed by atoms with van der Waals surface area (Å²) < 4.78 is 44.2. The van der Waals surface area contributed by atoms with Crippen LogP contribution in [0.15, 0.2) is 60.9 Å². The highest BCUT2D eigenvalue weighted by molar-refractivity contribution is 6.03. The standard InChI is InChI=1S/C24H20F3N7O2/c1-13(16-5-3-4-6-20(16)36-24(25,26)27)30-22(35)15-9-17(18-12-29-32-19(18)10-15)14-7-8-34-21(11-14)31-23(28-2)33-34/h3-13H,1-2H3,(H,28,33)(H,29,32)(H,30,35). The number of halogens is 3. The van der Waals surface area contributed by atoms with E-state index in [9.17, 15) is 18.0 Å². The molecule has 5 aromatic rings. The number of aromatic amines is 1. The fourth-order valence-electron chi connectivity index (χ4n) is 3.99. The summed E-state index contributed by atoms with van der Waals surface area (Å²) in [5, 5.41) is 17.7. The number of rotatable bonds is 6. The van der Waals surface area contributed by atoms with E-state index in [-0.39, 0.29) is 11.3 Å². The Morgan fingerprint density at radius 2 is 1.97 bits per heavy atom. The van der Waals surface area contributed by atoms with E-state index < -0.39 is 18.3 Å². The fourth-order valence-corrected chi connectivity index (χ4v) is 3.99. The molecule has 9 nitrogen and oxygen atoms in total. The van der Waals surface area contributed by atoms with Gasteiger partial charge in [-0.3, -0.25) is 9.89 Å². The first kappa shape index (κ1) is 23.1. The smallest absolute Gasteiger partial charge is 0.405 e. The van der Waals surface area contributed by atoms with E-state index in [1.807, 2.05) is 12.1 Å². The van der Waals surface area contributed by atoms with Crippen molar-refractivity contribution in [2.45, 2.75) is 19.3 Å². The summed E-state index contributed by atoms with van der Waals surface area (Å²) in [5.41, 5.74) is 3.26. The van der Waals surface area contributed by atoms with E-state index >= 15 is 0 Å². The first-order chi connectivity index (χ1) is 17.2. The van der Waals surface area contributed by atoms with Gasteiger partial charge in [0.1, 0.15) is 5.75 Å². The molecule has 0 aliphatic carbocycles. The molecule has 12 heteroatoms. The number of hydrogen-bond acceptors (Lipinski definition) is 6. The maximum absolute atomic E-state index is 13.2. The third-order valence-electron chi connectivity index (χ3n) is 5.65. The third kappa shape index (κ3) is 4.52. The summed E-state index contributed by atoms with van der Waals surface area (Å²) in [4.78, 5) is 17.6. The van der Waals surface area contributed by atoms with Gasteiger partial charge in [0.25, 0.3) is 5.91 Å². The van der Waals surface area contributed by atoms with Gasteiger partial charge in [-0.25, -0.2) is 4.52 Å². The number of amides is 1. The molecule has 0 radical (unpaired) electrons. The Morgan fingerprint density at radius 1 is 1.17 bits per heavy atom. The van der Waals surface area contributed by atoms with Crippen LogP contribution in [0.4, 0.5) is 19.1 Å². The second-order valence-electron chi connectivity index (χ2n) is 8.04. The normalized spacial score (nSPS) is 12.6. The molecule has 3 N–H and O–H groups in total. The predicted octanol–water partition coefficient (Wildman–Crippen LogP) is 4.70. The van der Waals surface area contributed by atoms with Crippen LogP contribution < -0.4 is 15.4 Å². The molecule has 3 aromatic heterocycles. The lowest BCUT2D eigenvalue weighted by molar-refractivity contribution is -0.275. The van der Waals surface area contributed by atoms with E-state index in [4.69, 9.17) is 0 Å². The van der Waals surface area contributed by atoms with Gasteiger partial charge in [-0.05, 0) is 48.4 Å². The highest BCUT2D eigenvalue weighted by atomic mass is 19.4. The number of carbonyl (C=O) groups is 1. The Labute approximate surface area is 202 Å². The summed E-state index contributed by atoms with van der Waals surface area (Å²) in [5.74, 6) is -0.370. The largest absolute Gasteiger partial charge is 0.573 e. The second-order valence-corrected chi connectivity index (χ2v) is 8.04. The van der Waals surface area contributed by atoms with Crippen LogP contribution in [0.1, 0.15) is 28.9 Å². The van der Waals surface area contributed by atoms with Crippen LogP contribution in [-0.2, 0) is 0 Å². The summed E-state index contributed by atoms with van der Waals surface area (Å²) in [6, 6.07) is 12.0. The molecule has 36 heavy (non-hydrogen) atoms. The van der Waals surface area contributed by atoms with Gasteiger partial charge in [0.05, 0.1) is 17.8 Å². The van der Waals surface area contributed by atoms with Crippen molar-refractivity contribution >= 4 is 28.4 Å². The first-order valence-electron chi connectivity index (χ1n) is 10.9. The number of fused-ring (bicyclic) bond motifs is 2. The van der Waals surface area contributed by atoms with Gasteiger partial charge < -0.3 is 15.4 Å². The average Bonchev–Trinajstić information content (AvgIpc) is 3.48. The number of pyridine rings is 1. The number of anilines is 1. The van der Waals surface area contributed by atoms with Crippen molar-refractivity contribution in [3.05, 3.63) is 72.1 Å². The van der Waals surface area contributed by atoms with Gasteiger partial charge in [0.15, 0.2) is 5.65 Å². The third-order valence-corrected chi connectivity index (χ3v) is 5.65. The number of benzene rings is 2. The molecule has 5 rings (SSSR count). The zero-order valence-corrected chi connectivity index (χ0v) is 19.1. The molecule has 184 valence electrons. The Bertz CT molecular complexity index is 1580. The van der Waals surface area contributed by atoms with E-state index in [0.29, 0.717) is 22.7 Å². The minimum absolute atomic E-state index is 0.198. The maximum Gasteiger partial charge on any atom is 0.573 e. The molecule has 0 aliphatic heterocycles. The van der Waals surface area contributed by atoms with E-state index in [1.54, 1.807) is 49.1 Å². The van der Waals surface area contributed by atoms with E-state index in [0.717, 1.165) is 16.5 Å². The van der Waals surface area contributed by atoms with Gasteiger partial charge in [-0.2, -0.15) is 10.1 Å². The molecule has 0 spiro atoms. The van der Waals surface area contributed by atoms with Crippen molar-refractivity contribution in [1.82, 2.24) is 30.1 Å². The molecule has 2 aromatic carbocycles. The Balaban J connectivity index is 1.48. The van der Waals surface area contributed by atoms with Crippen LogP contribution in [0.25, 0.3) is 27.7 Å². The number of nitrogens with one attached hydrogen (secondary N) is 3. The predicted molar refractivity (Wildman–Crippen MR) is 127 cm³/mol. The highest BCUT2D eigenvalue weighted by Gasteiger charge is 2.32. The first-order valence-corrected chi connectivity index (χ1v) is 10.9. The number of alkyl halides is 3. The van der Waals surface area contributed by atoms with Crippen molar-refractivity contribution in [2.24, 2.45) is 0 Å². The summed E-state index contributed by atoms with van der Waals surface area (Å²) in [6.45, 7) is 1.59. The van der Waals surface area contributed by atoms with Crippen LogP contribution in [0.3, 0.4) is 0 Å². The van der Waals surface area contributed by atoms with Crippen LogP contribution >= 0.6 is 0 Å². The molecule has 0 aliphatic rings. The zero-order chi connectivity index (χ0) is 25.4. The molecule has 0 saturated carbocycles. The molecule has 3 heterocycles. The lowest BCUT2D eigenvalue weighted by Gasteiger charge is -2.19. The Kier molecular flexibility index (Phi) is 5.71. The Morgan fingerprint density at radius 3 is 2.75 bits per heavy atom. The number of carbonyl (C=O) groups excluding carboxylic acids is 1. The van der Waals surface area contributed by atoms with Gasteiger partial charge in [-0.15, -0.1) is 18.3 Å². The number of nitrogens with zero attached hydrogens (tertiary/aromatic N) is 4. The molecule has 0 fully saturated rings. The zero-order valence-electron chi connectivity index (χ0n) is 19.1. The Hall–Kier alpha value is -4.61. The van der Waals surface area contributed by atoms with Gasteiger partial charge in [0.2, 0.25) is 5.95 Å². The van der Waals surface area contributed by atoms with E-state index in [2.05, 4.69) is 35.7 Å². The van der Waals surface area contributed by atoms with Crippen molar-refractivity contribution in [3.8, 4) is 16.9 Å². The topological polar surface area (TPSA) is 109 Å². The number of H-pyrrole nitrogens is 1. The molecule has 0 saturated heterocycles. The average molecular weight is 495 g/mol. The molecule has 1 atom stereocenters. The van der Waals surface area contributed by atoms with Gasteiger partial charge >= 0.3 is 6.36 Å². The van der Waals surface area contributed by atoms with Gasteiger partial charge in [-0.1, -0.05) is 18.2 Å². The number of ether oxygens (including phenoxy) is 1. The van der Waals surface area contributed by atoms with Crippen molar-refractivity contribution < 1.29 is 22.7 Å². The molecule has 1 unspecified atom stereocenters. The van der Waals surface area contributed by atoms with E-state index in [1.165, 1.54) is 18.2 Å². The van der Waals surface area contributed by atoms with Crippen molar-refractivity contribution in [2.75, 3.05) is 12.4 Å². The van der Waals surface area contributed by atoms with Gasteiger partial charge in [0, 0.05) is 29.8 Å². The SMILES string of the molecule is CNc1nc2cc(-c3cc(C(=O)NC(C)c4ccccc4OC(F)(F)F)cc4[nH]ncc34)ccn2n1. The van der Waals surface area contributed by atoms with Crippen molar-refractivity contribution in [3.63, 3.8) is 0 Å². The summed E-state index contributed by atoms with van der Waals surface area (Å²) in [7, 11) is 1.72. The summed E-state index contributed by atoms with van der Waals surface area (Å²) in [6.07, 6.45) is -1.43. The van der Waals surface area contributed by atoms with Crippen LogP contribution in [0.2, 0.25) is 0 Å². The number of aromatic nitrogens is 5. The maximum atomic E-state index is 13.2. The molecular formula is C24H20F3N7O2. The molecular weight excluding hydrogens is 475 g/mol. The molecule has 0 bridgehead atoms. The van der Waals surface area contributed by atoms with Crippen LogP contribution in [-0.4, -0.2) is 44.1 Å². The monoisotopic (exact) mass is 495 g/mol. The quantitative estimate of drug-likeness (QED) is 0.315. The summed E-state index contributed by atoms with van der Waals surface area (Å²) >= 11 is 0. The van der Waals surface area contributed by atoms with Crippen LogP contribution in [0.5, 0.6) is 5.75 Å². The van der Waals surface area contributed by atoms with Crippen LogP contribution in [0, 0.1) is 0 Å². The van der Waals surface area contributed by atoms with Crippen molar-refractivity contribution in [1.29, 1.82) is 0 Å². The lowest BCUT2D eigenvalue weighted by Crippen LogP contribution is -2.28.